The summed E-state index contributed by atoms with van der Waals surface area (Å²) in [5.74, 6) is 2.71. The monoisotopic (exact) mass is 438 g/mol. The average Bonchev–Trinajstić information content (AvgIpc) is 2.86. The van der Waals surface area contributed by atoms with Gasteiger partial charge in [-0.25, -0.2) is 0 Å². The van der Waals surface area contributed by atoms with Gasteiger partial charge in [0, 0.05) is 23.7 Å². The summed E-state index contributed by atoms with van der Waals surface area (Å²) in [6.45, 7) is 16.6. The molecule has 5 aliphatic rings. The second-order valence-electron chi connectivity index (χ2n) is 14.4. The fraction of sp³-hybridized carbons (Fsp3) is 0.867. The van der Waals surface area contributed by atoms with Gasteiger partial charge < -0.3 is 0 Å². The van der Waals surface area contributed by atoms with Crippen LogP contribution >= 0.6 is 0 Å². The first-order valence-corrected chi connectivity index (χ1v) is 13.5. The van der Waals surface area contributed by atoms with E-state index in [1.807, 2.05) is 0 Å². The summed E-state index contributed by atoms with van der Waals surface area (Å²) in [7, 11) is 0. The van der Waals surface area contributed by atoms with Crippen LogP contribution in [0, 0.1) is 44.8 Å². The summed E-state index contributed by atoms with van der Waals surface area (Å²) in [4.78, 5) is 25.7. The van der Waals surface area contributed by atoms with Gasteiger partial charge in [0.2, 0.25) is 0 Å². The van der Waals surface area contributed by atoms with Gasteiger partial charge in [0.25, 0.3) is 0 Å². The van der Waals surface area contributed by atoms with Crippen LogP contribution < -0.4 is 0 Å². The molecular weight excluding hydrogens is 392 g/mol. The largest absolute Gasteiger partial charge is 0.299 e. The molecule has 0 radical (unpaired) electrons. The number of allylic oxidation sites excluding steroid dienone is 2. The van der Waals surface area contributed by atoms with E-state index in [1.54, 1.807) is 11.1 Å². The molecule has 3 saturated carbocycles. The molecule has 0 aliphatic heterocycles. The predicted molar refractivity (Wildman–Crippen MR) is 130 cm³/mol. The fourth-order valence-corrected chi connectivity index (χ4v) is 10.5. The minimum Gasteiger partial charge on any atom is -0.299 e. The third kappa shape index (κ3) is 2.83. The lowest BCUT2D eigenvalue weighted by Gasteiger charge is -2.62. The molecule has 2 nitrogen and oxygen atoms in total. The van der Waals surface area contributed by atoms with Crippen molar-refractivity contribution in [1.29, 1.82) is 0 Å². The zero-order valence-electron chi connectivity index (χ0n) is 21.8. The van der Waals surface area contributed by atoms with E-state index in [9.17, 15) is 9.59 Å². The number of carbonyl (C=O) groups is 2. The molecule has 0 aromatic heterocycles. The first kappa shape index (κ1) is 22.9. The van der Waals surface area contributed by atoms with E-state index in [2.05, 4.69) is 48.5 Å². The SMILES string of the molecule is CC1(C)C(=O)CC[C@@]2(C)[C@H]1CC[C@@]1(C)CC3=C(CC[C@@H]12)[C@@]1(C)CCC(=O)C(C)(C)[C@@H]1CC3. The maximum atomic E-state index is 12.9. The van der Waals surface area contributed by atoms with Gasteiger partial charge in [-0.05, 0) is 91.8 Å². The van der Waals surface area contributed by atoms with Gasteiger partial charge in [-0.2, -0.15) is 0 Å². The molecule has 0 saturated heterocycles. The second-order valence-corrected chi connectivity index (χ2v) is 14.4. The molecule has 0 unspecified atom stereocenters. The summed E-state index contributed by atoms with van der Waals surface area (Å²) in [6, 6.07) is 0. The first-order valence-electron chi connectivity index (χ1n) is 13.5. The van der Waals surface area contributed by atoms with Crippen LogP contribution in [0.4, 0.5) is 0 Å². The highest BCUT2D eigenvalue weighted by Crippen LogP contribution is 2.69. The fourth-order valence-electron chi connectivity index (χ4n) is 10.5. The van der Waals surface area contributed by atoms with Crippen LogP contribution in [0.3, 0.4) is 0 Å². The van der Waals surface area contributed by atoms with Gasteiger partial charge in [0.15, 0.2) is 0 Å². The number of hydrogen-bond donors (Lipinski definition) is 0. The molecule has 2 heteroatoms. The summed E-state index contributed by atoms with van der Waals surface area (Å²) in [5, 5.41) is 0. The Labute approximate surface area is 196 Å². The third-order valence-electron chi connectivity index (χ3n) is 12.3. The van der Waals surface area contributed by atoms with Crippen molar-refractivity contribution in [3.05, 3.63) is 11.1 Å². The summed E-state index contributed by atoms with van der Waals surface area (Å²) >= 11 is 0. The number of hydrogen-bond acceptors (Lipinski definition) is 2. The van der Waals surface area contributed by atoms with E-state index in [0.717, 1.165) is 25.7 Å². The van der Waals surface area contributed by atoms with Crippen LogP contribution in [0.15, 0.2) is 11.1 Å². The molecule has 0 aromatic rings. The lowest BCUT2D eigenvalue weighted by atomic mass is 9.42. The molecule has 0 spiro atoms. The summed E-state index contributed by atoms with van der Waals surface area (Å²) in [5.41, 5.74) is 4.03. The molecule has 32 heavy (non-hydrogen) atoms. The van der Waals surface area contributed by atoms with E-state index in [0.29, 0.717) is 34.7 Å². The molecule has 0 heterocycles. The molecule has 0 bridgehead atoms. The Morgan fingerprint density at radius 1 is 0.625 bits per heavy atom. The number of Topliss-reactive ketones (excluding diaryl/α,β-unsaturated/α-hetero) is 2. The van der Waals surface area contributed by atoms with Crippen molar-refractivity contribution in [2.75, 3.05) is 0 Å². The molecule has 6 atom stereocenters. The van der Waals surface area contributed by atoms with E-state index in [4.69, 9.17) is 0 Å². The Bertz CT molecular complexity index is 891. The Morgan fingerprint density at radius 3 is 1.91 bits per heavy atom. The molecule has 5 aliphatic carbocycles. The van der Waals surface area contributed by atoms with Crippen LogP contribution in [0.1, 0.15) is 119 Å². The van der Waals surface area contributed by atoms with Crippen molar-refractivity contribution in [3.63, 3.8) is 0 Å². The van der Waals surface area contributed by atoms with Crippen LogP contribution in [0.2, 0.25) is 0 Å². The molecule has 0 aromatic carbocycles. The van der Waals surface area contributed by atoms with E-state index in [-0.39, 0.29) is 21.7 Å². The smallest absolute Gasteiger partial charge is 0.138 e. The lowest BCUT2D eigenvalue weighted by Crippen LogP contribution is -2.57. The van der Waals surface area contributed by atoms with E-state index in [1.165, 1.54) is 44.9 Å². The average molecular weight is 439 g/mol. The maximum Gasteiger partial charge on any atom is 0.138 e. The van der Waals surface area contributed by atoms with Crippen LogP contribution in [-0.4, -0.2) is 11.6 Å². The van der Waals surface area contributed by atoms with Gasteiger partial charge in [-0.1, -0.05) is 59.6 Å². The third-order valence-corrected chi connectivity index (χ3v) is 12.3. The van der Waals surface area contributed by atoms with Gasteiger partial charge >= 0.3 is 0 Å². The zero-order chi connectivity index (χ0) is 23.3. The Kier molecular flexibility index (Phi) is 4.87. The van der Waals surface area contributed by atoms with Gasteiger partial charge in [-0.15, -0.1) is 0 Å². The molecule has 0 N–H and O–H groups in total. The van der Waals surface area contributed by atoms with Gasteiger partial charge in [0.05, 0.1) is 0 Å². The standard InChI is InChI=1S/C30H46O2/c1-26(2)21-10-8-19-18-28(5)15-12-22-27(3,4)25(32)14-17-30(22,7)23(28)11-9-20(19)29(21,6)16-13-24(26)31/h21-23H,8-18H2,1-7H3/t21-,22-,23-,28-,29+,30-/m0/s1. The van der Waals surface area contributed by atoms with E-state index >= 15 is 0 Å². The first-order chi connectivity index (χ1) is 14.8. The number of rotatable bonds is 0. The minimum absolute atomic E-state index is 0.168. The highest BCUT2D eigenvalue weighted by molar-refractivity contribution is 5.86. The van der Waals surface area contributed by atoms with Crippen molar-refractivity contribution in [3.8, 4) is 0 Å². The lowest BCUT2D eigenvalue weighted by molar-refractivity contribution is -0.159. The normalized spacial score (nSPS) is 47.7. The molecule has 5 rings (SSSR count). The highest BCUT2D eigenvalue weighted by atomic mass is 16.1. The maximum absolute atomic E-state index is 12.9. The number of fused-ring (bicyclic) bond motifs is 5. The molecule has 178 valence electrons. The topological polar surface area (TPSA) is 34.1 Å². The van der Waals surface area contributed by atoms with Crippen molar-refractivity contribution < 1.29 is 9.59 Å². The van der Waals surface area contributed by atoms with E-state index < -0.39 is 0 Å². The van der Waals surface area contributed by atoms with Crippen molar-refractivity contribution in [2.24, 2.45) is 44.8 Å². The predicted octanol–water partition coefficient (Wildman–Crippen LogP) is 7.70. The zero-order valence-corrected chi connectivity index (χ0v) is 21.8. The Hall–Kier alpha value is -0.920. The van der Waals surface area contributed by atoms with Crippen LogP contribution in [-0.2, 0) is 9.59 Å². The second kappa shape index (κ2) is 6.82. The van der Waals surface area contributed by atoms with Crippen LogP contribution in [0.5, 0.6) is 0 Å². The molecule has 0 amide bonds. The van der Waals surface area contributed by atoms with Crippen molar-refractivity contribution in [2.45, 2.75) is 119 Å². The Balaban J connectivity index is 1.52. The number of ketones is 2. The molecular formula is C30H46O2. The van der Waals surface area contributed by atoms with Crippen molar-refractivity contribution in [1.82, 2.24) is 0 Å². The number of carbonyl (C=O) groups excluding carboxylic acids is 2. The van der Waals surface area contributed by atoms with Crippen molar-refractivity contribution >= 4 is 11.6 Å². The van der Waals surface area contributed by atoms with Gasteiger partial charge in [-0.3, -0.25) is 9.59 Å². The quantitative estimate of drug-likeness (QED) is 0.363. The minimum atomic E-state index is -0.181. The highest BCUT2D eigenvalue weighted by Gasteiger charge is 2.62. The van der Waals surface area contributed by atoms with Gasteiger partial charge in [0.1, 0.15) is 11.6 Å². The summed E-state index contributed by atoms with van der Waals surface area (Å²) in [6.07, 6.45) is 12.3. The summed E-state index contributed by atoms with van der Waals surface area (Å²) < 4.78 is 0. The molecule has 3 fully saturated rings. The van der Waals surface area contributed by atoms with Crippen LogP contribution in [0.25, 0.3) is 0 Å². The Morgan fingerprint density at radius 2 is 1.22 bits per heavy atom.